The van der Waals surface area contributed by atoms with Crippen LogP contribution >= 0.6 is 0 Å². The first-order chi connectivity index (χ1) is 5.67. The van der Waals surface area contributed by atoms with Gasteiger partial charge >= 0.3 is 0 Å². The molecule has 12 heavy (non-hydrogen) atoms. The van der Waals surface area contributed by atoms with Crippen molar-refractivity contribution in [3.63, 3.8) is 0 Å². The van der Waals surface area contributed by atoms with Gasteiger partial charge in [0.05, 0.1) is 0 Å². The fourth-order valence-corrected chi connectivity index (χ4v) is 1.20. The van der Waals surface area contributed by atoms with Gasteiger partial charge in [0.2, 0.25) is 0 Å². The average molecular weight is 165 g/mol. The Balaban J connectivity index is 2.82. The Morgan fingerprint density at radius 2 is 1.92 bits per heavy atom. The van der Waals surface area contributed by atoms with Crippen molar-refractivity contribution >= 4 is 0 Å². The number of benzene rings is 1. The van der Waals surface area contributed by atoms with Gasteiger partial charge in [-0.3, -0.25) is 0 Å². The molecule has 0 fully saturated rings. The van der Waals surface area contributed by atoms with Gasteiger partial charge in [-0.25, -0.2) is 0 Å². The molecule has 0 bridgehead atoms. The standard InChI is InChI=1S/C10H15NO/c1-10(11,7-8-12)9-5-3-2-4-6-9/h2-6,12H,7-8,11H2,1H3. The number of rotatable bonds is 3. The molecule has 0 aromatic heterocycles. The Labute approximate surface area is 73.0 Å². The van der Waals surface area contributed by atoms with Crippen LogP contribution in [0, 0.1) is 0 Å². The Hall–Kier alpha value is -0.860. The van der Waals surface area contributed by atoms with Gasteiger partial charge in [-0.1, -0.05) is 30.3 Å². The van der Waals surface area contributed by atoms with Crippen LogP contribution in [0.3, 0.4) is 0 Å². The van der Waals surface area contributed by atoms with Crippen molar-refractivity contribution < 1.29 is 5.11 Å². The van der Waals surface area contributed by atoms with Gasteiger partial charge in [-0.05, 0) is 18.9 Å². The lowest BCUT2D eigenvalue weighted by atomic mass is 9.90. The molecule has 0 aliphatic rings. The molecule has 0 saturated heterocycles. The molecule has 0 saturated carbocycles. The molecule has 0 amide bonds. The van der Waals surface area contributed by atoms with Crippen molar-refractivity contribution in [3.8, 4) is 0 Å². The first-order valence-electron chi connectivity index (χ1n) is 4.12. The Bertz CT molecular complexity index is 231. The van der Waals surface area contributed by atoms with Crippen LogP contribution in [-0.2, 0) is 5.54 Å². The third-order valence-electron chi connectivity index (χ3n) is 2.06. The summed E-state index contributed by atoms with van der Waals surface area (Å²) in [4.78, 5) is 0. The van der Waals surface area contributed by atoms with Gasteiger partial charge in [0.1, 0.15) is 0 Å². The monoisotopic (exact) mass is 165 g/mol. The maximum atomic E-state index is 8.78. The minimum Gasteiger partial charge on any atom is -0.396 e. The summed E-state index contributed by atoms with van der Waals surface area (Å²) in [6, 6.07) is 9.83. The van der Waals surface area contributed by atoms with Crippen LogP contribution in [0.5, 0.6) is 0 Å². The molecule has 1 rings (SSSR count). The molecular formula is C10H15NO. The topological polar surface area (TPSA) is 46.2 Å². The first-order valence-corrected chi connectivity index (χ1v) is 4.12. The van der Waals surface area contributed by atoms with E-state index in [2.05, 4.69) is 0 Å². The fourth-order valence-electron chi connectivity index (χ4n) is 1.20. The van der Waals surface area contributed by atoms with Crippen LogP contribution in [0.1, 0.15) is 18.9 Å². The molecular weight excluding hydrogens is 150 g/mol. The summed E-state index contributed by atoms with van der Waals surface area (Å²) < 4.78 is 0. The van der Waals surface area contributed by atoms with Gasteiger partial charge in [0.15, 0.2) is 0 Å². The van der Waals surface area contributed by atoms with E-state index in [1.54, 1.807) is 0 Å². The summed E-state index contributed by atoms with van der Waals surface area (Å²) in [5.41, 5.74) is 6.65. The summed E-state index contributed by atoms with van der Waals surface area (Å²) >= 11 is 0. The lowest BCUT2D eigenvalue weighted by Crippen LogP contribution is -2.33. The van der Waals surface area contributed by atoms with E-state index in [9.17, 15) is 0 Å². The van der Waals surface area contributed by atoms with Crippen molar-refractivity contribution in [2.45, 2.75) is 18.9 Å². The van der Waals surface area contributed by atoms with Crippen molar-refractivity contribution in [1.29, 1.82) is 0 Å². The first kappa shape index (κ1) is 9.23. The van der Waals surface area contributed by atoms with E-state index >= 15 is 0 Å². The second kappa shape index (κ2) is 3.70. The lowest BCUT2D eigenvalue weighted by molar-refractivity contribution is 0.247. The molecule has 1 aromatic rings. The molecule has 1 unspecified atom stereocenters. The van der Waals surface area contributed by atoms with E-state index in [0.29, 0.717) is 6.42 Å². The molecule has 0 heterocycles. The highest BCUT2D eigenvalue weighted by Crippen LogP contribution is 2.20. The van der Waals surface area contributed by atoms with Gasteiger partial charge in [-0.2, -0.15) is 0 Å². The van der Waals surface area contributed by atoms with Crippen LogP contribution in [0.25, 0.3) is 0 Å². The average Bonchev–Trinajstić information content (AvgIpc) is 2.06. The van der Waals surface area contributed by atoms with Crippen LogP contribution < -0.4 is 5.73 Å². The van der Waals surface area contributed by atoms with Crippen LogP contribution in [0.2, 0.25) is 0 Å². The van der Waals surface area contributed by atoms with Crippen LogP contribution in [0.4, 0.5) is 0 Å². The molecule has 1 atom stereocenters. The second-order valence-electron chi connectivity index (χ2n) is 3.26. The summed E-state index contributed by atoms with van der Waals surface area (Å²) in [6.45, 7) is 2.06. The highest BCUT2D eigenvalue weighted by atomic mass is 16.3. The van der Waals surface area contributed by atoms with E-state index < -0.39 is 5.54 Å². The quantitative estimate of drug-likeness (QED) is 0.708. The van der Waals surface area contributed by atoms with E-state index in [0.717, 1.165) is 5.56 Å². The van der Waals surface area contributed by atoms with Gasteiger partial charge in [-0.15, -0.1) is 0 Å². The zero-order valence-electron chi connectivity index (χ0n) is 7.33. The predicted molar refractivity (Wildman–Crippen MR) is 49.7 cm³/mol. The van der Waals surface area contributed by atoms with Gasteiger partial charge < -0.3 is 10.8 Å². The highest BCUT2D eigenvalue weighted by Gasteiger charge is 2.19. The largest absolute Gasteiger partial charge is 0.396 e. The Morgan fingerprint density at radius 3 is 2.42 bits per heavy atom. The number of hydrogen-bond donors (Lipinski definition) is 2. The maximum Gasteiger partial charge on any atom is 0.0451 e. The van der Waals surface area contributed by atoms with E-state index in [1.807, 2.05) is 37.3 Å². The fraction of sp³-hybridized carbons (Fsp3) is 0.400. The highest BCUT2D eigenvalue weighted by molar-refractivity contribution is 5.22. The molecule has 66 valence electrons. The molecule has 0 radical (unpaired) electrons. The lowest BCUT2D eigenvalue weighted by Gasteiger charge is -2.23. The van der Waals surface area contributed by atoms with Gasteiger partial charge in [0, 0.05) is 12.1 Å². The Kier molecular flexibility index (Phi) is 2.84. The molecule has 0 spiro atoms. The van der Waals surface area contributed by atoms with Crippen molar-refractivity contribution in [1.82, 2.24) is 0 Å². The number of aliphatic hydroxyl groups is 1. The van der Waals surface area contributed by atoms with Crippen molar-refractivity contribution in [2.75, 3.05) is 6.61 Å². The summed E-state index contributed by atoms with van der Waals surface area (Å²) in [5.74, 6) is 0. The molecule has 0 aliphatic carbocycles. The van der Waals surface area contributed by atoms with E-state index in [4.69, 9.17) is 10.8 Å². The normalized spacial score (nSPS) is 15.6. The third kappa shape index (κ3) is 2.06. The number of hydrogen-bond acceptors (Lipinski definition) is 2. The van der Waals surface area contributed by atoms with Gasteiger partial charge in [0.25, 0.3) is 0 Å². The zero-order valence-corrected chi connectivity index (χ0v) is 7.33. The summed E-state index contributed by atoms with van der Waals surface area (Å²) in [5, 5.41) is 8.78. The molecule has 3 N–H and O–H groups in total. The second-order valence-corrected chi connectivity index (χ2v) is 3.26. The van der Waals surface area contributed by atoms with Crippen LogP contribution in [0.15, 0.2) is 30.3 Å². The smallest absolute Gasteiger partial charge is 0.0451 e. The van der Waals surface area contributed by atoms with E-state index in [-0.39, 0.29) is 6.61 Å². The minimum absolute atomic E-state index is 0.127. The van der Waals surface area contributed by atoms with Crippen molar-refractivity contribution in [2.24, 2.45) is 5.73 Å². The third-order valence-corrected chi connectivity index (χ3v) is 2.06. The molecule has 2 heteroatoms. The number of aliphatic hydroxyl groups excluding tert-OH is 1. The molecule has 1 aromatic carbocycles. The van der Waals surface area contributed by atoms with Crippen LogP contribution in [-0.4, -0.2) is 11.7 Å². The summed E-state index contributed by atoms with van der Waals surface area (Å²) in [7, 11) is 0. The molecule has 2 nitrogen and oxygen atoms in total. The predicted octanol–water partition coefficient (Wildman–Crippen LogP) is 1.24. The Morgan fingerprint density at radius 1 is 1.33 bits per heavy atom. The number of nitrogens with two attached hydrogens (primary N) is 1. The minimum atomic E-state index is -0.407. The maximum absolute atomic E-state index is 8.78. The van der Waals surface area contributed by atoms with Crippen molar-refractivity contribution in [3.05, 3.63) is 35.9 Å². The zero-order chi connectivity index (χ0) is 9.03. The SMILES string of the molecule is CC(N)(CCO)c1ccccc1. The van der Waals surface area contributed by atoms with E-state index in [1.165, 1.54) is 0 Å². The summed E-state index contributed by atoms with van der Waals surface area (Å²) in [6.07, 6.45) is 0.594. The molecule has 0 aliphatic heterocycles.